The fourth-order valence-corrected chi connectivity index (χ4v) is 2.79. The quantitative estimate of drug-likeness (QED) is 0.579. The molecule has 0 bridgehead atoms. The summed E-state index contributed by atoms with van der Waals surface area (Å²) in [6.07, 6.45) is 1.82. The number of phenolic OH excluding ortho intramolecular Hbond substituents is 1. The van der Waals surface area contributed by atoms with Crippen LogP contribution in [-0.2, 0) is 19.5 Å². The van der Waals surface area contributed by atoms with Gasteiger partial charge in [0.15, 0.2) is 17.5 Å². The molecule has 0 spiro atoms. The summed E-state index contributed by atoms with van der Waals surface area (Å²) >= 11 is 0. The van der Waals surface area contributed by atoms with Crippen molar-refractivity contribution in [2.45, 2.75) is 38.9 Å². The van der Waals surface area contributed by atoms with Crippen LogP contribution in [0.4, 0.5) is 4.39 Å². The molecule has 0 radical (unpaired) electrons. The van der Waals surface area contributed by atoms with Gasteiger partial charge in [0.2, 0.25) is 0 Å². The molecule has 1 aromatic carbocycles. The SMILES string of the molecule is CN=C(NCc1ccc(O)c(F)c1)NC1CCc2nc(C)nn2C1. The molecule has 0 amide bonds. The lowest BCUT2D eigenvalue weighted by Crippen LogP contribution is -2.46. The number of nitrogens with zero attached hydrogens (tertiary/aromatic N) is 4. The molecule has 0 fully saturated rings. The molecule has 1 aliphatic heterocycles. The molecule has 24 heavy (non-hydrogen) atoms. The zero-order chi connectivity index (χ0) is 17.1. The van der Waals surface area contributed by atoms with Crippen molar-refractivity contribution in [3.63, 3.8) is 0 Å². The van der Waals surface area contributed by atoms with Crippen LogP contribution >= 0.6 is 0 Å². The average Bonchev–Trinajstić information content (AvgIpc) is 2.93. The third kappa shape index (κ3) is 3.64. The zero-order valence-electron chi connectivity index (χ0n) is 13.8. The monoisotopic (exact) mass is 332 g/mol. The van der Waals surface area contributed by atoms with Crippen molar-refractivity contribution in [1.82, 2.24) is 25.4 Å². The van der Waals surface area contributed by atoms with Crippen LogP contribution in [0.15, 0.2) is 23.2 Å². The van der Waals surface area contributed by atoms with Crippen molar-refractivity contribution in [3.8, 4) is 5.75 Å². The highest BCUT2D eigenvalue weighted by atomic mass is 19.1. The maximum Gasteiger partial charge on any atom is 0.191 e. The van der Waals surface area contributed by atoms with Crippen molar-refractivity contribution >= 4 is 5.96 Å². The van der Waals surface area contributed by atoms with Gasteiger partial charge in [-0.25, -0.2) is 14.1 Å². The van der Waals surface area contributed by atoms with E-state index in [2.05, 4.69) is 25.7 Å². The minimum Gasteiger partial charge on any atom is -0.505 e. The molecule has 1 aliphatic rings. The van der Waals surface area contributed by atoms with Gasteiger partial charge in [0.05, 0.1) is 6.54 Å². The molecular formula is C16H21FN6O. The van der Waals surface area contributed by atoms with E-state index in [1.165, 1.54) is 12.1 Å². The maximum absolute atomic E-state index is 13.4. The highest BCUT2D eigenvalue weighted by molar-refractivity contribution is 5.79. The summed E-state index contributed by atoms with van der Waals surface area (Å²) in [5.41, 5.74) is 0.728. The van der Waals surface area contributed by atoms with Crippen molar-refractivity contribution < 1.29 is 9.50 Å². The molecular weight excluding hydrogens is 311 g/mol. The van der Waals surface area contributed by atoms with Crippen LogP contribution in [0.1, 0.15) is 23.6 Å². The van der Waals surface area contributed by atoms with Gasteiger partial charge in [-0.1, -0.05) is 6.07 Å². The number of aromatic nitrogens is 3. The molecule has 2 heterocycles. The standard InChI is InChI=1S/C16H21FN6O/c1-10-20-15-6-4-12(9-23(15)22-10)21-16(18-2)19-8-11-3-5-14(24)13(17)7-11/h3,5,7,12,24H,4,6,8-9H2,1-2H3,(H2,18,19,21). The van der Waals surface area contributed by atoms with Crippen LogP contribution in [-0.4, -0.2) is 38.9 Å². The van der Waals surface area contributed by atoms with Gasteiger partial charge in [-0.15, -0.1) is 0 Å². The third-order valence-electron chi connectivity index (χ3n) is 4.00. The highest BCUT2D eigenvalue weighted by Gasteiger charge is 2.21. The normalized spacial score (nSPS) is 17.5. The van der Waals surface area contributed by atoms with Gasteiger partial charge in [0.25, 0.3) is 0 Å². The molecule has 1 atom stereocenters. The fourth-order valence-electron chi connectivity index (χ4n) is 2.79. The summed E-state index contributed by atoms with van der Waals surface area (Å²) in [5.74, 6) is 1.49. The Morgan fingerprint density at radius 3 is 3.08 bits per heavy atom. The van der Waals surface area contributed by atoms with Gasteiger partial charge in [-0.05, 0) is 31.0 Å². The summed E-state index contributed by atoms with van der Waals surface area (Å²) in [5, 5.41) is 20.1. The summed E-state index contributed by atoms with van der Waals surface area (Å²) in [4.78, 5) is 8.60. The molecule has 128 valence electrons. The number of hydrogen-bond acceptors (Lipinski definition) is 4. The van der Waals surface area contributed by atoms with Gasteiger partial charge in [0, 0.05) is 26.1 Å². The number of benzene rings is 1. The first-order chi connectivity index (χ1) is 11.5. The topological polar surface area (TPSA) is 87.4 Å². The van der Waals surface area contributed by atoms with E-state index >= 15 is 0 Å². The summed E-state index contributed by atoms with van der Waals surface area (Å²) in [6.45, 7) is 3.05. The Morgan fingerprint density at radius 1 is 1.50 bits per heavy atom. The maximum atomic E-state index is 13.4. The van der Waals surface area contributed by atoms with Crippen LogP contribution in [0.5, 0.6) is 5.75 Å². The number of fused-ring (bicyclic) bond motifs is 1. The van der Waals surface area contributed by atoms with E-state index in [0.717, 1.165) is 36.6 Å². The first-order valence-electron chi connectivity index (χ1n) is 7.90. The molecule has 1 unspecified atom stereocenters. The second kappa shape index (κ2) is 6.86. The van der Waals surface area contributed by atoms with Crippen LogP contribution in [0.25, 0.3) is 0 Å². The number of aliphatic imine (C=N–C) groups is 1. The van der Waals surface area contributed by atoms with E-state index in [0.29, 0.717) is 12.5 Å². The predicted octanol–water partition coefficient (Wildman–Crippen LogP) is 1.11. The summed E-state index contributed by atoms with van der Waals surface area (Å²) in [6, 6.07) is 4.53. The minimum atomic E-state index is -0.626. The number of nitrogens with one attached hydrogen (secondary N) is 2. The number of hydrogen-bond donors (Lipinski definition) is 3. The van der Waals surface area contributed by atoms with Crippen molar-refractivity contribution in [2.24, 2.45) is 4.99 Å². The summed E-state index contributed by atoms with van der Waals surface area (Å²) < 4.78 is 15.3. The summed E-state index contributed by atoms with van der Waals surface area (Å²) in [7, 11) is 1.70. The van der Waals surface area contributed by atoms with E-state index in [1.54, 1.807) is 13.1 Å². The molecule has 0 saturated heterocycles. The number of guanidine groups is 1. The van der Waals surface area contributed by atoms with Gasteiger partial charge in [-0.3, -0.25) is 4.99 Å². The predicted molar refractivity (Wildman–Crippen MR) is 88.3 cm³/mol. The molecule has 0 aliphatic carbocycles. The Labute approximate surface area is 139 Å². The number of aryl methyl sites for hydroxylation is 2. The van der Waals surface area contributed by atoms with Gasteiger partial charge in [-0.2, -0.15) is 5.10 Å². The Hall–Kier alpha value is -2.64. The van der Waals surface area contributed by atoms with E-state index in [-0.39, 0.29) is 11.8 Å². The highest BCUT2D eigenvalue weighted by Crippen LogP contribution is 2.16. The number of rotatable bonds is 3. The van der Waals surface area contributed by atoms with E-state index < -0.39 is 5.82 Å². The smallest absolute Gasteiger partial charge is 0.191 e. The first-order valence-corrected chi connectivity index (χ1v) is 7.90. The van der Waals surface area contributed by atoms with Crippen LogP contribution < -0.4 is 10.6 Å². The molecule has 7 nitrogen and oxygen atoms in total. The molecule has 1 aromatic heterocycles. The number of aromatic hydroxyl groups is 1. The van der Waals surface area contributed by atoms with E-state index in [1.807, 2.05) is 11.6 Å². The molecule has 8 heteroatoms. The minimum absolute atomic E-state index is 0.210. The fraction of sp³-hybridized carbons (Fsp3) is 0.438. The van der Waals surface area contributed by atoms with Gasteiger partial charge in [0.1, 0.15) is 11.6 Å². The van der Waals surface area contributed by atoms with Crippen molar-refractivity contribution in [3.05, 3.63) is 41.2 Å². The Kier molecular flexibility index (Phi) is 4.64. The van der Waals surface area contributed by atoms with Crippen molar-refractivity contribution in [2.75, 3.05) is 7.05 Å². The molecule has 2 aromatic rings. The van der Waals surface area contributed by atoms with Crippen LogP contribution in [0.2, 0.25) is 0 Å². The van der Waals surface area contributed by atoms with Gasteiger partial charge < -0.3 is 15.7 Å². The average molecular weight is 332 g/mol. The molecule has 0 saturated carbocycles. The van der Waals surface area contributed by atoms with Crippen molar-refractivity contribution in [1.29, 1.82) is 0 Å². The largest absolute Gasteiger partial charge is 0.505 e. The number of halogens is 1. The molecule has 3 N–H and O–H groups in total. The second-order valence-electron chi connectivity index (χ2n) is 5.85. The van der Waals surface area contributed by atoms with E-state index in [9.17, 15) is 9.50 Å². The van der Waals surface area contributed by atoms with Crippen LogP contribution in [0, 0.1) is 12.7 Å². The first kappa shape index (κ1) is 16.2. The van der Waals surface area contributed by atoms with Gasteiger partial charge >= 0.3 is 0 Å². The lowest BCUT2D eigenvalue weighted by molar-refractivity contribution is 0.392. The molecule has 3 rings (SSSR count). The Balaban J connectivity index is 1.56. The third-order valence-corrected chi connectivity index (χ3v) is 4.00. The number of phenols is 1. The van der Waals surface area contributed by atoms with Crippen LogP contribution in [0.3, 0.4) is 0 Å². The second-order valence-corrected chi connectivity index (χ2v) is 5.85. The zero-order valence-corrected chi connectivity index (χ0v) is 13.8. The lowest BCUT2D eigenvalue weighted by Gasteiger charge is -2.25. The lowest BCUT2D eigenvalue weighted by atomic mass is 10.1. The van der Waals surface area contributed by atoms with E-state index in [4.69, 9.17) is 0 Å². The Morgan fingerprint density at radius 2 is 2.33 bits per heavy atom. The Bertz CT molecular complexity index is 757.